The van der Waals surface area contributed by atoms with Crippen LogP contribution in [0, 0.1) is 12.3 Å². The number of carbonyl (C=O) groups is 6. The first kappa shape index (κ1) is 36.0. The van der Waals surface area contributed by atoms with Crippen molar-refractivity contribution in [2.24, 2.45) is 5.41 Å². The lowest BCUT2D eigenvalue weighted by Gasteiger charge is -2.36. The summed E-state index contributed by atoms with van der Waals surface area (Å²) in [4.78, 5) is 78.7. The second-order valence-electron chi connectivity index (χ2n) is 13.0. The minimum absolute atomic E-state index is 0.0387. The van der Waals surface area contributed by atoms with E-state index in [1.165, 1.54) is 11.0 Å². The molecule has 0 aliphatic carbocycles. The van der Waals surface area contributed by atoms with Crippen LogP contribution in [0.1, 0.15) is 71.9 Å². The standard InChI is InChI=1S/C32H47N5O7/c1-9-12-22(25(39)28(41)34-19-24(38)33-18-21-14-10-13-20(2)17-21)35-27(40)23-15-11-16-37(23)29(42)26(31(3,4)5)36-30(43)44-32(6,7)8/h9-10,13-14,17,22-23,26H,1,11-12,15-16,18-19H2,2-8H3,(H,33,38)(H,34,41)(H,35,40)(H,36,43)/t22?,23-,26+/m0/s1. The topological polar surface area (TPSA) is 163 Å². The lowest BCUT2D eigenvalue weighted by molar-refractivity contribution is -0.144. The van der Waals surface area contributed by atoms with Gasteiger partial charge in [-0.2, -0.15) is 0 Å². The fourth-order valence-electron chi connectivity index (χ4n) is 4.70. The van der Waals surface area contributed by atoms with Crippen molar-refractivity contribution < 1.29 is 33.5 Å². The first-order chi connectivity index (χ1) is 20.4. The Balaban J connectivity index is 2.03. The van der Waals surface area contributed by atoms with E-state index in [1.807, 2.05) is 31.2 Å². The summed E-state index contributed by atoms with van der Waals surface area (Å²) in [6.07, 6.45) is 1.47. The summed E-state index contributed by atoms with van der Waals surface area (Å²) in [7, 11) is 0. The van der Waals surface area contributed by atoms with Gasteiger partial charge in [0.15, 0.2) is 0 Å². The van der Waals surface area contributed by atoms with Crippen LogP contribution in [0.5, 0.6) is 0 Å². The highest BCUT2D eigenvalue weighted by Gasteiger charge is 2.43. The van der Waals surface area contributed by atoms with Gasteiger partial charge in [-0.3, -0.25) is 24.0 Å². The Morgan fingerprint density at radius 3 is 2.32 bits per heavy atom. The van der Waals surface area contributed by atoms with Crippen LogP contribution in [0.2, 0.25) is 0 Å². The predicted octanol–water partition coefficient (Wildman–Crippen LogP) is 2.29. The van der Waals surface area contributed by atoms with E-state index < -0.39 is 71.2 Å². The minimum atomic E-state index is -1.24. The third kappa shape index (κ3) is 11.1. The monoisotopic (exact) mass is 613 g/mol. The molecule has 0 bridgehead atoms. The molecular weight excluding hydrogens is 566 g/mol. The summed E-state index contributed by atoms with van der Waals surface area (Å²) in [6.45, 7) is 16.2. The van der Waals surface area contributed by atoms with Crippen LogP contribution in [0.25, 0.3) is 0 Å². The Morgan fingerprint density at radius 1 is 1.05 bits per heavy atom. The van der Waals surface area contributed by atoms with E-state index in [0.717, 1.165) is 11.1 Å². The fraction of sp³-hybridized carbons (Fsp3) is 0.562. The van der Waals surface area contributed by atoms with Crippen LogP contribution in [-0.2, 0) is 35.3 Å². The number of Topliss-reactive ketones (excluding diaryl/α,β-unsaturated/α-hetero) is 1. The zero-order valence-corrected chi connectivity index (χ0v) is 26.9. The highest BCUT2D eigenvalue weighted by atomic mass is 16.6. The second kappa shape index (κ2) is 15.5. The van der Waals surface area contributed by atoms with E-state index >= 15 is 0 Å². The lowest BCUT2D eigenvalue weighted by Crippen LogP contribution is -2.59. The second-order valence-corrected chi connectivity index (χ2v) is 13.0. The van der Waals surface area contributed by atoms with Gasteiger partial charge in [0, 0.05) is 13.1 Å². The molecule has 2 rings (SSSR count). The molecule has 12 heteroatoms. The molecule has 242 valence electrons. The number of hydrogen-bond donors (Lipinski definition) is 4. The van der Waals surface area contributed by atoms with Crippen LogP contribution in [0.15, 0.2) is 36.9 Å². The van der Waals surface area contributed by atoms with Gasteiger partial charge in [-0.1, -0.05) is 56.7 Å². The quantitative estimate of drug-likeness (QED) is 0.208. The summed E-state index contributed by atoms with van der Waals surface area (Å²) >= 11 is 0. The van der Waals surface area contributed by atoms with E-state index in [1.54, 1.807) is 41.5 Å². The van der Waals surface area contributed by atoms with Crippen molar-refractivity contribution in [3.05, 3.63) is 48.0 Å². The van der Waals surface area contributed by atoms with E-state index in [4.69, 9.17) is 4.74 Å². The Kier molecular flexibility index (Phi) is 12.7. The summed E-state index contributed by atoms with van der Waals surface area (Å²) in [5.41, 5.74) is 0.463. The van der Waals surface area contributed by atoms with Gasteiger partial charge in [-0.05, 0) is 57.9 Å². The van der Waals surface area contributed by atoms with Crippen LogP contribution < -0.4 is 21.3 Å². The third-order valence-electron chi connectivity index (χ3n) is 6.85. The lowest BCUT2D eigenvalue weighted by atomic mass is 9.85. The van der Waals surface area contributed by atoms with Crippen LogP contribution in [0.4, 0.5) is 4.79 Å². The molecule has 0 aromatic heterocycles. The zero-order chi connectivity index (χ0) is 33.2. The van der Waals surface area contributed by atoms with Gasteiger partial charge in [-0.15, -0.1) is 6.58 Å². The van der Waals surface area contributed by atoms with Crippen molar-refractivity contribution in [1.82, 2.24) is 26.2 Å². The summed E-state index contributed by atoms with van der Waals surface area (Å²) in [6, 6.07) is 4.44. The number of carbonyl (C=O) groups excluding carboxylic acids is 6. The van der Waals surface area contributed by atoms with E-state index in [2.05, 4.69) is 27.8 Å². The van der Waals surface area contributed by atoms with Crippen LogP contribution in [-0.4, -0.2) is 77.2 Å². The number of alkyl carbamates (subject to hydrolysis) is 1. The molecule has 0 radical (unpaired) electrons. The van der Waals surface area contributed by atoms with Crippen molar-refractivity contribution >= 4 is 35.5 Å². The number of benzene rings is 1. The number of ketones is 1. The highest BCUT2D eigenvalue weighted by Crippen LogP contribution is 2.26. The average Bonchev–Trinajstić information content (AvgIpc) is 3.41. The Hall–Kier alpha value is -4.22. The van der Waals surface area contributed by atoms with Crippen molar-refractivity contribution in [2.75, 3.05) is 13.1 Å². The molecule has 1 unspecified atom stereocenters. The fourth-order valence-corrected chi connectivity index (χ4v) is 4.70. The number of hydrogen-bond acceptors (Lipinski definition) is 7. The first-order valence-corrected chi connectivity index (χ1v) is 14.8. The van der Waals surface area contributed by atoms with Crippen molar-refractivity contribution in [1.29, 1.82) is 0 Å². The van der Waals surface area contributed by atoms with Gasteiger partial charge in [-0.25, -0.2) is 4.79 Å². The molecule has 1 fully saturated rings. The molecule has 0 saturated carbocycles. The molecule has 1 aromatic carbocycles. The molecule has 1 aliphatic heterocycles. The maximum absolute atomic E-state index is 13.7. The van der Waals surface area contributed by atoms with Gasteiger partial charge in [0.25, 0.3) is 5.91 Å². The summed E-state index contributed by atoms with van der Waals surface area (Å²) in [5.74, 6) is -3.52. The molecule has 1 saturated heterocycles. The van der Waals surface area contributed by atoms with Crippen LogP contribution in [0.3, 0.4) is 0 Å². The van der Waals surface area contributed by atoms with Gasteiger partial charge in [0.2, 0.25) is 23.5 Å². The average molecular weight is 614 g/mol. The minimum Gasteiger partial charge on any atom is -0.444 e. The summed E-state index contributed by atoms with van der Waals surface area (Å²) in [5, 5.41) is 10.2. The predicted molar refractivity (Wildman–Crippen MR) is 165 cm³/mol. The Morgan fingerprint density at radius 2 is 1.73 bits per heavy atom. The molecule has 0 spiro atoms. The van der Waals surface area contributed by atoms with Crippen LogP contribution >= 0.6 is 0 Å². The molecular formula is C32H47N5O7. The number of ether oxygens (including phenoxy) is 1. The number of amides is 5. The highest BCUT2D eigenvalue weighted by molar-refractivity contribution is 6.38. The molecule has 1 aromatic rings. The smallest absolute Gasteiger partial charge is 0.408 e. The van der Waals surface area contributed by atoms with Gasteiger partial charge < -0.3 is 30.9 Å². The van der Waals surface area contributed by atoms with Gasteiger partial charge in [0.05, 0.1) is 6.54 Å². The summed E-state index contributed by atoms with van der Waals surface area (Å²) < 4.78 is 5.34. The number of rotatable bonds is 12. The SMILES string of the molecule is C=CCC(NC(=O)[C@@H]1CCCN1C(=O)[C@@H](NC(=O)OC(C)(C)C)C(C)(C)C)C(=O)C(=O)NCC(=O)NCc1cccc(C)c1. The van der Waals surface area contributed by atoms with E-state index in [0.29, 0.717) is 12.8 Å². The van der Waals surface area contributed by atoms with E-state index in [-0.39, 0.29) is 19.5 Å². The first-order valence-electron chi connectivity index (χ1n) is 14.8. The molecule has 1 heterocycles. The molecule has 5 amide bonds. The largest absolute Gasteiger partial charge is 0.444 e. The number of likely N-dealkylation sites (tertiary alicyclic amines) is 1. The Labute approximate surface area is 259 Å². The number of aryl methyl sites for hydroxylation is 1. The van der Waals surface area contributed by atoms with Gasteiger partial charge >= 0.3 is 6.09 Å². The molecule has 44 heavy (non-hydrogen) atoms. The molecule has 3 atom stereocenters. The van der Waals surface area contributed by atoms with Crippen molar-refractivity contribution in [3.63, 3.8) is 0 Å². The van der Waals surface area contributed by atoms with E-state index in [9.17, 15) is 28.8 Å². The van der Waals surface area contributed by atoms with Crippen molar-refractivity contribution in [3.8, 4) is 0 Å². The molecule has 1 aliphatic rings. The number of nitrogens with zero attached hydrogens (tertiary/aromatic N) is 1. The zero-order valence-electron chi connectivity index (χ0n) is 26.9. The maximum atomic E-state index is 13.7. The number of nitrogens with one attached hydrogen (secondary N) is 4. The molecule has 4 N–H and O–H groups in total. The van der Waals surface area contributed by atoms with Gasteiger partial charge in [0.1, 0.15) is 23.7 Å². The molecule has 12 nitrogen and oxygen atoms in total. The third-order valence-corrected chi connectivity index (χ3v) is 6.85. The normalized spacial score (nSPS) is 16.2. The van der Waals surface area contributed by atoms with Crippen molar-refractivity contribution in [2.45, 2.75) is 98.0 Å². The Bertz CT molecular complexity index is 1250. The maximum Gasteiger partial charge on any atom is 0.408 e.